The molecule has 49 heavy (non-hydrogen) atoms. The van der Waals surface area contributed by atoms with Crippen molar-refractivity contribution in [2.75, 3.05) is 0 Å². The minimum atomic E-state index is -1.41. The van der Waals surface area contributed by atoms with E-state index in [1.165, 1.54) is 244 Å². The van der Waals surface area contributed by atoms with Gasteiger partial charge in [0.1, 0.15) is 0 Å². The first kappa shape index (κ1) is 49.2. The summed E-state index contributed by atoms with van der Waals surface area (Å²) in [7, 11) is 0. The van der Waals surface area contributed by atoms with Gasteiger partial charge in [-0.3, -0.25) is 0 Å². The Labute approximate surface area is 315 Å². The van der Waals surface area contributed by atoms with Crippen LogP contribution in [0.2, 0.25) is 0 Å². The molecule has 0 aliphatic rings. The molecule has 3 heteroatoms. The molecule has 0 aromatic carbocycles. The summed E-state index contributed by atoms with van der Waals surface area (Å²) in [6, 6.07) is 0. The zero-order chi connectivity index (χ0) is 35.8. The number of rotatable bonds is 43. The van der Waals surface area contributed by atoms with E-state index in [4.69, 9.17) is 11.6 Å². The molecular weight excluding hydrogens is 620 g/mol. The average Bonchev–Trinajstić information content (AvgIpc) is 3.09. The van der Waals surface area contributed by atoms with E-state index in [0.29, 0.717) is 0 Å². The third-order valence-corrected chi connectivity index (χ3v) is 11.9. The maximum atomic E-state index is 10.0. The van der Waals surface area contributed by atoms with Gasteiger partial charge in [0.25, 0.3) is 0 Å². The summed E-state index contributed by atoms with van der Waals surface area (Å²) < 4.78 is 0. The van der Waals surface area contributed by atoms with Gasteiger partial charge in [0.15, 0.2) is 6.29 Å². The normalized spacial score (nSPS) is 12.1. The number of unbranched alkanes of at least 4 members (excludes halogenated alkanes) is 38. The van der Waals surface area contributed by atoms with Crippen LogP contribution in [0.5, 0.6) is 0 Å². The lowest BCUT2D eigenvalue weighted by Gasteiger charge is -2.29. The zero-order valence-corrected chi connectivity index (χ0v) is 34.8. The van der Waals surface area contributed by atoms with Crippen molar-refractivity contribution in [2.45, 2.75) is 295 Å². The number of hydrogen-bond acceptors (Lipinski definition) is 2. The second kappa shape index (κ2) is 41.0. The van der Waals surface area contributed by atoms with E-state index in [1.54, 1.807) is 0 Å². The van der Waals surface area contributed by atoms with Gasteiger partial charge in [-0.1, -0.05) is 271 Å². The third kappa shape index (κ3) is 37.8. The van der Waals surface area contributed by atoms with Crippen molar-refractivity contribution in [2.24, 2.45) is 0 Å². The molecular formula is C46H93ClO2. The number of alkyl halides is 1. The number of aliphatic hydroxyl groups is 2. The first-order valence-electron chi connectivity index (χ1n) is 23.1. The van der Waals surface area contributed by atoms with Crippen LogP contribution in [0, 0.1) is 0 Å². The van der Waals surface area contributed by atoms with Gasteiger partial charge in [-0.05, 0) is 12.8 Å². The highest BCUT2D eigenvalue weighted by atomic mass is 35.5. The molecule has 296 valence electrons. The summed E-state index contributed by atoms with van der Waals surface area (Å²) in [4.78, 5) is -0.845. The smallest absolute Gasteiger partial charge is 0.170 e. The van der Waals surface area contributed by atoms with Crippen LogP contribution in [0.3, 0.4) is 0 Å². The highest BCUT2D eigenvalue weighted by molar-refractivity contribution is 6.24. The van der Waals surface area contributed by atoms with Crippen molar-refractivity contribution in [3.05, 3.63) is 0 Å². The Morgan fingerprint density at radius 3 is 0.571 bits per heavy atom. The second-order valence-electron chi connectivity index (χ2n) is 16.3. The Morgan fingerprint density at radius 1 is 0.286 bits per heavy atom. The van der Waals surface area contributed by atoms with Gasteiger partial charge in [0, 0.05) is 0 Å². The molecule has 0 saturated heterocycles. The van der Waals surface area contributed by atoms with Crippen molar-refractivity contribution < 1.29 is 10.2 Å². The fourth-order valence-corrected chi connectivity index (χ4v) is 8.00. The van der Waals surface area contributed by atoms with Crippen LogP contribution in [0.15, 0.2) is 0 Å². The van der Waals surface area contributed by atoms with Crippen molar-refractivity contribution in [1.29, 1.82) is 0 Å². The molecule has 0 aliphatic carbocycles. The van der Waals surface area contributed by atoms with Crippen LogP contribution in [0.4, 0.5) is 0 Å². The summed E-state index contributed by atoms with van der Waals surface area (Å²) in [5.41, 5.74) is 0. The lowest BCUT2D eigenvalue weighted by molar-refractivity contribution is -0.0770. The Bertz CT molecular complexity index is 550. The molecule has 0 unspecified atom stereocenters. The Balaban J connectivity index is 3.45. The number of halogens is 1. The van der Waals surface area contributed by atoms with E-state index in [-0.39, 0.29) is 0 Å². The van der Waals surface area contributed by atoms with Gasteiger partial charge in [-0.15, -0.1) is 11.6 Å². The van der Waals surface area contributed by atoms with Crippen LogP contribution in [-0.2, 0) is 0 Å². The molecule has 2 N–H and O–H groups in total. The molecule has 0 bridgehead atoms. The van der Waals surface area contributed by atoms with Crippen LogP contribution in [0.1, 0.15) is 284 Å². The average molecular weight is 714 g/mol. The van der Waals surface area contributed by atoms with Crippen molar-refractivity contribution in [3.8, 4) is 0 Å². The number of aliphatic hydroxyl groups excluding tert-OH is 1. The molecule has 0 aliphatic heterocycles. The minimum absolute atomic E-state index is 0.726. The maximum absolute atomic E-state index is 10.0. The van der Waals surface area contributed by atoms with Crippen molar-refractivity contribution in [1.82, 2.24) is 0 Å². The molecule has 0 amide bonds. The first-order chi connectivity index (χ1) is 24.1. The molecule has 0 saturated carbocycles. The van der Waals surface area contributed by atoms with Crippen LogP contribution >= 0.6 is 11.6 Å². The van der Waals surface area contributed by atoms with Gasteiger partial charge in [0.2, 0.25) is 0 Å². The third-order valence-electron chi connectivity index (χ3n) is 11.4. The lowest BCUT2D eigenvalue weighted by Crippen LogP contribution is -2.36. The predicted octanol–water partition coefficient (Wildman–Crippen LogP) is 16.7. The Kier molecular flexibility index (Phi) is 41.1. The van der Waals surface area contributed by atoms with Crippen molar-refractivity contribution in [3.63, 3.8) is 0 Å². The van der Waals surface area contributed by atoms with E-state index in [1.807, 2.05) is 0 Å². The highest BCUT2D eigenvalue weighted by Gasteiger charge is 2.33. The van der Waals surface area contributed by atoms with Crippen LogP contribution in [0.25, 0.3) is 0 Å². The van der Waals surface area contributed by atoms with Crippen molar-refractivity contribution >= 4 is 11.6 Å². The first-order valence-corrected chi connectivity index (χ1v) is 23.5. The summed E-state index contributed by atoms with van der Waals surface area (Å²) in [6.07, 6.45) is 55.2. The molecule has 0 radical (unpaired) electrons. The quantitative estimate of drug-likeness (QED) is 0.0375. The lowest BCUT2D eigenvalue weighted by atomic mass is 9.92. The van der Waals surface area contributed by atoms with Gasteiger partial charge >= 0.3 is 0 Å². The highest BCUT2D eigenvalue weighted by Crippen LogP contribution is 2.32. The minimum Gasteiger partial charge on any atom is -0.367 e. The van der Waals surface area contributed by atoms with E-state index in [9.17, 15) is 10.2 Å². The van der Waals surface area contributed by atoms with E-state index in [0.717, 1.165) is 25.7 Å². The summed E-state index contributed by atoms with van der Waals surface area (Å²) >= 11 is 6.75. The molecule has 0 aromatic rings. The summed E-state index contributed by atoms with van der Waals surface area (Å²) in [5, 5.41) is 20.0. The molecule has 0 spiro atoms. The van der Waals surface area contributed by atoms with E-state index in [2.05, 4.69) is 13.8 Å². The second-order valence-corrected chi connectivity index (χ2v) is 17.1. The Hall–Kier alpha value is 0.210. The largest absolute Gasteiger partial charge is 0.367 e. The SMILES string of the molecule is CCCCCCCCCCCCCCCCCCCCCCC(Cl)(CCCCCCCCCCCCCCCCCCCCCC)C(O)O. The van der Waals surface area contributed by atoms with E-state index >= 15 is 0 Å². The molecule has 0 atom stereocenters. The monoisotopic (exact) mass is 713 g/mol. The van der Waals surface area contributed by atoms with E-state index < -0.39 is 11.2 Å². The van der Waals surface area contributed by atoms with Gasteiger partial charge < -0.3 is 10.2 Å². The fraction of sp³-hybridized carbons (Fsp3) is 1.00. The summed E-state index contributed by atoms with van der Waals surface area (Å²) in [6.45, 7) is 4.59. The molecule has 0 rings (SSSR count). The number of hydrogen-bond donors (Lipinski definition) is 2. The molecule has 0 heterocycles. The fourth-order valence-electron chi connectivity index (χ4n) is 7.73. The predicted molar refractivity (Wildman–Crippen MR) is 222 cm³/mol. The van der Waals surface area contributed by atoms with Crippen LogP contribution in [-0.4, -0.2) is 21.4 Å². The van der Waals surface area contributed by atoms with Gasteiger partial charge in [-0.25, -0.2) is 0 Å². The van der Waals surface area contributed by atoms with Gasteiger partial charge in [-0.2, -0.15) is 0 Å². The van der Waals surface area contributed by atoms with Crippen LogP contribution < -0.4 is 0 Å². The summed E-state index contributed by atoms with van der Waals surface area (Å²) in [5.74, 6) is 0. The molecule has 0 aromatic heterocycles. The topological polar surface area (TPSA) is 40.5 Å². The zero-order valence-electron chi connectivity index (χ0n) is 34.0. The van der Waals surface area contributed by atoms with Gasteiger partial charge in [0.05, 0.1) is 4.87 Å². The maximum Gasteiger partial charge on any atom is 0.170 e. The molecule has 2 nitrogen and oxygen atoms in total. The standard InChI is InChI=1S/C46H93ClO2/c1-3-5-7-9-11-13-15-17-19-21-23-25-27-29-31-33-35-37-39-41-43-46(47,45(48)49)44-42-40-38-36-34-32-30-28-26-24-22-20-18-16-14-12-10-8-6-4-2/h45,48-49H,3-44H2,1-2H3. The molecule has 0 fully saturated rings. The Morgan fingerprint density at radius 2 is 0.429 bits per heavy atom.